The average molecular weight is 404 g/mol. The average Bonchev–Trinajstić information content (AvgIpc) is 3.18. The van der Waals surface area contributed by atoms with Crippen LogP contribution in [0.4, 0.5) is 10.8 Å². The Bertz CT molecular complexity index is 970. The second kappa shape index (κ2) is 8.27. The third kappa shape index (κ3) is 4.68. The van der Waals surface area contributed by atoms with Crippen molar-refractivity contribution in [3.8, 4) is 0 Å². The molecule has 0 saturated heterocycles. The fourth-order valence-electron chi connectivity index (χ4n) is 2.44. The van der Waals surface area contributed by atoms with E-state index in [0.717, 1.165) is 10.1 Å². The first-order valence-corrected chi connectivity index (χ1v) is 9.72. The van der Waals surface area contributed by atoms with Gasteiger partial charge in [0, 0.05) is 5.75 Å². The molecule has 140 valence electrons. The molecule has 0 spiro atoms. The van der Waals surface area contributed by atoms with E-state index in [2.05, 4.69) is 20.6 Å². The molecule has 27 heavy (non-hydrogen) atoms. The lowest BCUT2D eigenvalue weighted by Crippen LogP contribution is -2.20. The van der Waals surface area contributed by atoms with E-state index < -0.39 is 4.92 Å². The van der Waals surface area contributed by atoms with Crippen molar-refractivity contribution in [2.24, 2.45) is 0 Å². The van der Waals surface area contributed by atoms with Crippen LogP contribution in [0.5, 0.6) is 0 Å². The Morgan fingerprint density at radius 3 is 2.70 bits per heavy atom. The van der Waals surface area contributed by atoms with Crippen LogP contribution in [-0.2, 0) is 17.1 Å². The van der Waals surface area contributed by atoms with Gasteiger partial charge in [-0.05, 0) is 19.4 Å². The fourth-order valence-corrected chi connectivity index (χ4v) is 4.16. The lowest BCUT2D eigenvalue weighted by atomic mass is 10.2. The highest BCUT2D eigenvalue weighted by molar-refractivity contribution is 8.00. The summed E-state index contributed by atoms with van der Waals surface area (Å²) in [6.07, 6.45) is 0. The van der Waals surface area contributed by atoms with Crippen LogP contribution in [0, 0.1) is 24.0 Å². The summed E-state index contributed by atoms with van der Waals surface area (Å²) in [7, 11) is 0. The minimum absolute atomic E-state index is 0.0710. The number of carbonyl (C=O) groups excluding carboxylic acids is 1. The number of rotatable bonds is 7. The minimum Gasteiger partial charge on any atom is -0.299 e. The molecule has 2 heterocycles. The van der Waals surface area contributed by atoms with Gasteiger partial charge in [-0.15, -0.1) is 10.2 Å². The van der Waals surface area contributed by atoms with E-state index >= 15 is 0 Å². The molecule has 2 aromatic heterocycles. The summed E-state index contributed by atoms with van der Waals surface area (Å²) in [4.78, 5) is 22.7. The summed E-state index contributed by atoms with van der Waals surface area (Å²) in [6, 6.07) is 9.98. The highest BCUT2D eigenvalue weighted by Gasteiger charge is 2.23. The van der Waals surface area contributed by atoms with Crippen LogP contribution >= 0.6 is 23.1 Å². The summed E-state index contributed by atoms with van der Waals surface area (Å²) in [6.45, 7) is 2.97. The van der Waals surface area contributed by atoms with Gasteiger partial charge in [-0.2, -0.15) is 5.10 Å². The largest absolute Gasteiger partial charge is 0.312 e. The predicted molar refractivity (Wildman–Crippen MR) is 103 cm³/mol. The first-order valence-electron chi connectivity index (χ1n) is 7.92. The second-order valence-corrected chi connectivity index (χ2v) is 7.83. The van der Waals surface area contributed by atoms with E-state index in [-0.39, 0.29) is 23.8 Å². The van der Waals surface area contributed by atoms with Gasteiger partial charge in [0.15, 0.2) is 4.34 Å². The number of nitrogens with zero attached hydrogens (tertiary/aromatic N) is 5. The maximum Gasteiger partial charge on any atom is 0.312 e. The number of hydrogen-bond donors (Lipinski definition) is 1. The molecular weight excluding hydrogens is 388 g/mol. The standard InChI is InChI=1S/C16H16N6O3S2/c1-10-14(22(24)25)11(2)21(20-10)8-13(23)17-15-18-19-16(27-15)26-9-12-6-4-3-5-7-12/h3-7H,8-9H2,1-2H3,(H,17,18,23). The Morgan fingerprint density at radius 1 is 1.30 bits per heavy atom. The predicted octanol–water partition coefficient (Wildman–Crippen LogP) is 3.19. The lowest BCUT2D eigenvalue weighted by Gasteiger charge is -2.03. The van der Waals surface area contributed by atoms with Gasteiger partial charge < -0.3 is 0 Å². The highest BCUT2D eigenvalue weighted by Crippen LogP contribution is 2.28. The smallest absolute Gasteiger partial charge is 0.299 e. The van der Waals surface area contributed by atoms with Crippen molar-refractivity contribution in [2.45, 2.75) is 30.5 Å². The number of nitro groups is 1. The SMILES string of the molecule is Cc1nn(CC(=O)Nc2nnc(SCc3ccccc3)s2)c(C)c1[N+](=O)[O-]. The molecule has 1 aromatic carbocycles. The summed E-state index contributed by atoms with van der Waals surface area (Å²) in [5.41, 5.74) is 1.72. The molecule has 0 atom stereocenters. The number of aryl methyl sites for hydroxylation is 1. The van der Waals surface area contributed by atoms with Crippen LogP contribution in [-0.4, -0.2) is 30.8 Å². The molecule has 9 nitrogen and oxygen atoms in total. The van der Waals surface area contributed by atoms with Crippen molar-refractivity contribution in [3.63, 3.8) is 0 Å². The monoisotopic (exact) mass is 404 g/mol. The minimum atomic E-state index is -0.493. The zero-order valence-corrected chi connectivity index (χ0v) is 16.2. The van der Waals surface area contributed by atoms with Crippen LogP contribution in [0.25, 0.3) is 0 Å². The maximum absolute atomic E-state index is 12.2. The molecule has 0 aliphatic rings. The van der Waals surface area contributed by atoms with Crippen LogP contribution in [0.1, 0.15) is 17.0 Å². The molecule has 1 N–H and O–H groups in total. The number of carbonyl (C=O) groups is 1. The molecule has 11 heteroatoms. The number of anilines is 1. The van der Waals surface area contributed by atoms with Crippen molar-refractivity contribution < 1.29 is 9.72 Å². The third-order valence-corrected chi connectivity index (χ3v) is 5.72. The molecule has 0 fully saturated rings. The van der Waals surface area contributed by atoms with Crippen molar-refractivity contribution in [1.29, 1.82) is 0 Å². The highest BCUT2D eigenvalue weighted by atomic mass is 32.2. The van der Waals surface area contributed by atoms with Crippen molar-refractivity contribution in [1.82, 2.24) is 20.0 Å². The summed E-state index contributed by atoms with van der Waals surface area (Å²) >= 11 is 2.82. The number of thioether (sulfide) groups is 1. The van der Waals surface area contributed by atoms with Crippen molar-refractivity contribution >= 4 is 39.8 Å². The van der Waals surface area contributed by atoms with E-state index in [1.165, 1.54) is 33.3 Å². The van der Waals surface area contributed by atoms with Crippen molar-refractivity contribution in [2.75, 3.05) is 5.32 Å². The summed E-state index contributed by atoms with van der Waals surface area (Å²) in [5, 5.41) is 26.1. The molecule has 1 amide bonds. The molecular formula is C16H16N6O3S2. The Kier molecular flexibility index (Phi) is 5.81. The quantitative estimate of drug-likeness (QED) is 0.278. The van der Waals surface area contributed by atoms with Crippen LogP contribution in [0.3, 0.4) is 0 Å². The van der Waals surface area contributed by atoms with Gasteiger partial charge >= 0.3 is 5.69 Å². The first-order chi connectivity index (χ1) is 12.9. The van der Waals surface area contributed by atoms with Crippen LogP contribution in [0.2, 0.25) is 0 Å². The normalized spacial score (nSPS) is 10.7. The van der Waals surface area contributed by atoms with Crippen molar-refractivity contribution in [3.05, 3.63) is 57.4 Å². The first kappa shape index (κ1) is 19.0. The molecule has 0 radical (unpaired) electrons. The van der Waals surface area contributed by atoms with Gasteiger partial charge in [0.2, 0.25) is 11.0 Å². The molecule has 0 saturated carbocycles. The van der Waals surface area contributed by atoms with Crippen LogP contribution < -0.4 is 5.32 Å². The Hall–Kier alpha value is -2.79. The lowest BCUT2D eigenvalue weighted by molar-refractivity contribution is -0.386. The summed E-state index contributed by atoms with van der Waals surface area (Å²) in [5.74, 6) is 0.394. The molecule has 0 bridgehead atoms. The maximum atomic E-state index is 12.2. The van der Waals surface area contributed by atoms with Gasteiger partial charge in [-0.3, -0.25) is 24.9 Å². The van der Waals surface area contributed by atoms with Gasteiger partial charge in [0.05, 0.1) is 4.92 Å². The summed E-state index contributed by atoms with van der Waals surface area (Å²) < 4.78 is 2.06. The van der Waals surface area contributed by atoms with E-state index in [9.17, 15) is 14.9 Å². The molecule has 0 aliphatic carbocycles. The van der Waals surface area contributed by atoms with E-state index in [4.69, 9.17) is 0 Å². The number of nitrogens with one attached hydrogen (secondary N) is 1. The third-order valence-electron chi connectivity index (χ3n) is 3.68. The zero-order valence-electron chi connectivity index (χ0n) is 14.6. The number of amides is 1. The molecule has 3 rings (SSSR count). The molecule has 0 aliphatic heterocycles. The van der Waals surface area contributed by atoms with Gasteiger partial charge in [0.25, 0.3) is 0 Å². The number of aromatic nitrogens is 4. The van der Waals surface area contributed by atoms with E-state index in [1.54, 1.807) is 13.8 Å². The van der Waals surface area contributed by atoms with Crippen LogP contribution in [0.15, 0.2) is 34.7 Å². The zero-order chi connectivity index (χ0) is 19.4. The molecule has 3 aromatic rings. The Morgan fingerprint density at radius 2 is 2.04 bits per heavy atom. The fraction of sp³-hybridized carbons (Fsp3) is 0.250. The Labute approximate surface area is 163 Å². The van der Waals surface area contributed by atoms with Gasteiger partial charge in [0.1, 0.15) is 17.9 Å². The van der Waals surface area contributed by atoms with Gasteiger partial charge in [-0.1, -0.05) is 53.4 Å². The van der Waals surface area contributed by atoms with E-state index in [1.807, 2.05) is 30.3 Å². The Balaban J connectivity index is 1.58. The van der Waals surface area contributed by atoms with Gasteiger partial charge in [-0.25, -0.2) is 0 Å². The van der Waals surface area contributed by atoms with E-state index in [0.29, 0.717) is 10.8 Å². The second-order valence-electron chi connectivity index (χ2n) is 5.63. The topological polar surface area (TPSA) is 116 Å². The number of hydrogen-bond acceptors (Lipinski definition) is 8. The molecule has 0 unspecified atom stereocenters. The number of benzene rings is 1.